The molecule has 0 radical (unpaired) electrons. The van der Waals surface area contributed by atoms with Crippen molar-refractivity contribution in [3.8, 4) is 0 Å². The summed E-state index contributed by atoms with van der Waals surface area (Å²) in [5.74, 6) is 0. The molecule has 1 fully saturated rings. The molecular formula is C3H6O2. The summed E-state index contributed by atoms with van der Waals surface area (Å²) < 4.78 is 9.27. The SMILES string of the molecule is CO[C@H]1CO1. The second-order valence-corrected chi connectivity index (χ2v) is 0.999. The molecule has 30 valence electrons. The molecule has 0 spiro atoms. The van der Waals surface area contributed by atoms with Gasteiger partial charge in [0, 0.05) is 7.11 Å². The minimum Gasteiger partial charge on any atom is -0.354 e. The van der Waals surface area contributed by atoms with Crippen molar-refractivity contribution < 1.29 is 9.47 Å². The highest BCUT2D eigenvalue weighted by molar-refractivity contribution is 4.51. The average Bonchev–Trinajstić information content (AvgIpc) is 2.12. The number of epoxide rings is 1. The molecule has 0 saturated carbocycles. The Balaban J connectivity index is 2.00. The predicted octanol–water partition coefficient (Wildman–Crippen LogP) is -0.0109. The average molecular weight is 74.1 g/mol. The molecule has 2 nitrogen and oxygen atoms in total. The van der Waals surface area contributed by atoms with Gasteiger partial charge in [-0.2, -0.15) is 0 Å². The fourth-order valence-corrected chi connectivity index (χ4v) is 0.175. The lowest BCUT2D eigenvalue weighted by atomic mass is 10.9. The van der Waals surface area contributed by atoms with Crippen molar-refractivity contribution >= 4 is 0 Å². The van der Waals surface area contributed by atoms with E-state index in [1.165, 1.54) is 0 Å². The number of methoxy groups -OCH3 is 1. The Hall–Kier alpha value is -0.0800. The number of ether oxygens (including phenoxy) is 2. The van der Waals surface area contributed by atoms with Crippen molar-refractivity contribution in [3.63, 3.8) is 0 Å². The second kappa shape index (κ2) is 0.954. The van der Waals surface area contributed by atoms with Gasteiger partial charge in [-0.3, -0.25) is 0 Å². The lowest BCUT2D eigenvalue weighted by Crippen LogP contribution is -1.83. The van der Waals surface area contributed by atoms with Gasteiger partial charge in [-0.15, -0.1) is 0 Å². The molecule has 0 unspecified atom stereocenters. The Morgan fingerprint density at radius 2 is 2.60 bits per heavy atom. The van der Waals surface area contributed by atoms with Gasteiger partial charge >= 0.3 is 0 Å². The highest BCUT2D eigenvalue weighted by atomic mass is 16.8. The molecule has 0 bridgehead atoms. The van der Waals surface area contributed by atoms with Gasteiger partial charge in [-0.1, -0.05) is 0 Å². The van der Waals surface area contributed by atoms with Gasteiger partial charge in [0.25, 0.3) is 0 Å². The molecule has 1 heterocycles. The summed E-state index contributed by atoms with van der Waals surface area (Å²) >= 11 is 0. The van der Waals surface area contributed by atoms with Gasteiger partial charge in [0.1, 0.15) is 6.61 Å². The first-order valence-corrected chi connectivity index (χ1v) is 1.58. The van der Waals surface area contributed by atoms with Crippen LogP contribution in [0.15, 0.2) is 0 Å². The van der Waals surface area contributed by atoms with E-state index in [-0.39, 0.29) is 6.29 Å². The van der Waals surface area contributed by atoms with Crippen molar-refractivity contribution in [1.82, 2.24) is 0 Å². The third-order valence-corrected chi connectivity index (χ3v) is 0.566. The predicted molar refractivity (Wildman–Crippen MR) is 16.7 cm³/mol. The maximum Gasteiger partial charge on any atom is 0.180 e. The molecule has 0 aromatic heterocycles. The van der Waals surface area contributed by atoms with E-state index in [1.54, 1.807) is 7.11 Å². The molecule has 1 aliphatic heterocycles. The zero-order valence-electron chi connectivity index (χ0n) is 3.10. The Morgan fingerprint density at radius 3 is 2.60 bits per heavy atom. The molecule has 1 atom stereocenters. The number of hydrogen-bond acceptors (Lipinski definition) is 2. The van der Waals surface area contributed by atoms with Crippen molar-refractivity contribution in [1.29, 1.82) is 0 Å². The summed E-state index contributed by atoms with van der Waals surface area (Å²) in [6, 6.07) is 0. The monoisotopic (exact) mass is 74.0 g/mol. The van der Waals surface area contributed by atoms with Gasteiger partial charge < -0.3 is 9.47 Å². The van der Waals surface area contributed by atoms with E-state index >= 15 is 0 Å². The van der Waals surface area contributed by atoms with Crippen molar-refractivity contribution in [3.05, 3.63) is 0 Å². The maximum absolute atomic E-state index is 4.64. The van der Waals surface area contributed by atoms with Crippen molar-refractivity contribution in [2.45, 2.75) is 6.29 Å². The Morgan fingerprint density at radius 1 is 2.00 bits per heavy atom. The topological polar surface area (TPSA) is 21.8 Å². The van der Waals surface area contributed by atoms with Crippen LogP contribution in [0.25, 0.3) is 0 Å². The highest BCUT2D eigenvalue weighted by Crippen LogP contribution is 2.06. The minimum absolute atomic E-state index is 0.134. The molecular weight excluding hydrogens is 68.0 g/mol. The lowest BCUT2D eigenvalue weighted by molar-refractivity contribution is 0.0950. The molecule has 0 N–H and O–H groups in total. The van der Waals surface area contributed by atoms with E-state index in [2.05, 4.69) is 9.47 Å². The summed E-state index contributed by atoms with van der Waals surface area (Å²) in [5.41, 5.74) is 0. The molecule has 0 aromatic rings. The Labute approximate surface area is 30.7 Å². The molecule has 1 aliphatic rings. The Kier molecular flexibility index (Phi) is 0.596. The lowest BCUT2D eigenvalue weighted by Gasteiger charge is -1.76. The van der Waals surface area contributed by atoms with Crippen molar-refractivity contribution in [2.24, 2.45) is 0 Å². The van der Waals surface area contributed by atoms with Crippen LogP contribution in [-0.2, 0) is 9.47 Å². The smallest absolute Gasteiger partial charge is 0.180 e. The molecule has 1 rings (SSSR count). The summed E-state index contributed by atoms with van der Waals surface area (Å²) in [7, 11) is 1.64. The molecule has 2 heteroatoms. The van der Waals surface area contributed by atoms with Gasteiger partial charge in [-0.05, 0) is 0 Å². The molecule has 1 saturated heterocycles. The Bertz CT molecular complexity index is 31.9. The van der Waals surface area contributed by atoms with Gasteiger partial charge in [0.05, 0.1) is 0 Å². The van der Waals surface area contributed by atoms with E-state index in [4.69, 9.17) is 0 Å². The molecule has 0 aliphatic carbocycles. The third-order valence-electron chi connectivity index (χ3n) is 0.566. The normalized spacial score (nSPS) is 34.2. The van der Waals surface area contributed by atoms with Crippen LogP contribution in [-0.4, -0.2) is 20.0 Å². The van der Waals surface area contributed by atoms with Crippen LogP contribution < -0.4 is 0 Å². The first-order chi connectivity index (χ1) is 2.43. The maximum atomic E-state index is 4.64. The van der Waals surface area contributed by atoms with E-state index in [9.17, 15) is 0 Å². The summed E-state index contributed by atoms with van der Waals surface area (Å²) in [6.07, 6.45) is 0.134. The summed E-state index contributed by atoms with van der Waals surface area (Å²) in [6.45, 7) is 0.788. The third kappa shape index (κ3) is 0.597. The van der Waals surface area contributed by atoms with Crippen LogP contribution in [0.1, 0.15) is 0 Å². The first-order valence-electron chi connectivity index (χ1n) is 1.58. The largest absolute Gasteiger partial charge is 0.354 e. The fraction of sp³-hybridized carbons (Fsp3) is 1.00. The summed E-state index contributed by atoms with van der Waals surface area (Å²) in [5, 5.41) is 0. The highest BCUT2D eigenvalue weighted by Gasteiger charge is 2.20. The van der Waals surface area contributed by atoms with Crippen LogP contribution >= 0.6 is 0 Å². The van der Waals surface area contributed by atoms with Crippen LogP contribution in [0.3, 0.4) is 0 Å². The van der Waals surface area contributed by atoms with Crippen LogP contribution in [0.4, 0.5) is 0 Å². The van der Waals surface area contributed by atoms with Gasteiger partial charge in [0.2, 0.25) is 0 Å². The standard InChI is InChI=1S/C3H6O2/c1-4-3-2-5-3/h3H,2H2,1H3/t3-/m1/s1. The quantitative estimate of drug-likeness (QED) is 0.408. The minimum atomic E-state index is 0.134. The van der Waals surface area contributed by atoms with Crippen molar-refractivity contribution in [2.75, 3.05) is 13.7 Å². The van der Waals surface area contributed by atoms with E-state index in [0.29, 0.717) is 0 Å². The first kappa shape index (κ1) is 3.12. The molecule has 0 amide bonds. The van der Waals surface area contributed by atoms with Crippen LogP contribution in [0.5, 0.6) is 0 Å². The second-order valence-electron chi connectivity index (χ2n) is 0.999. The zero-order chi connectivity index (χ0) is 3.70. The van der Waals surface area contributed by atoms with E-state index < -0.39 is 0 Å². The number of hydrogen-bond donors (Lipinski definition) is 0. The zero-order valence-corrected chi connectivity index (χ0v) is 3.10. The fourth-order valence-electron chi connectivity index (χ4n) is 0.175. The van der Waals surface area contributed by atoms with Crippen LogP contribution in [0, 0.1) is 0 Å². The summed E-state index contributed by atoms with van der Waals surface area (Å²) in [4.78, 5) is 0. The number of rotatable bonds is 1. The molecule has 0 aromatic carbocycles. The van der Waals surface area contributed by atoms with E-state index in [0.717, 1.165) is 6.61 Å². The van der Waals surface area contributed by atoms with Gasteiger partial charge in [0.15, 0.2) is 6.29 Å². The molecule has 5 heavy (non-hydrogen) atoms. The van der Waals surface area contributed by atoms with Gasteiger partial charge in [-0.25, -0.2) is 0 Å². The van der Waals surface area contributed by atoms with E-state index in [1.807, 2.05) is 0 Å². The van der Waals surface area contributed by atoms with Crippen LogP contribution in [0.2, 0.25) is 0 Å².